The average molecular weight is 1260 g/mol. The van der Waals surface area contributed by atoms with E-state index in [2.05, 4.69) is 47.2 Å². The van der Waals surface area contributed by atoms with Crippen molar-refractivity contribution in [3.05, 3.63) is 65.7 Å². The van der Waals surface area contributed by atoms with Gasteiger partial charge in [0.05, 0.1) is 58.1 Å². The van der Waals surface area contributed by atoms with Crippen LogP contribution in [0.4, 0.5) is 0 Å². The first-order valence-corrected chi connectivity index (χ1v) is 28.7. The summed E-state index contributed by atoms with van der Waals surface area (Å²) in [6.45, 7) is -2.94. The Morgan fingerprint density at radius 3 is 1.76 bits per heavy atom. The summed E-state index contributed by atoms with van der Waals surface area (Å²) in [7, 11) is 0. The quantitative estimate of drug-likeness (QED) is 0.0699. The number of carbonyl (C=O) groups excluding carboxylic acids is 6. The van der Waals surface area contributed by atoms with Gasteiger partial charge < -0.3 is 139 Å². The predicted octanol–water partition coefficient (Wildman–Crippen LogP) is -11.6. The van der Waals surface area contributed by atoms with E-state index in [1.165, 1.54) is 24.3 Å². The van der Waals surface area contributed by atoms with Crippen LogP contribution >= 0.6 is 0 Å². The van der Waals surface area contributed by atoms with Crippen LogP contribution in [0.5, 0.6) is 5.75 Å². The number of aliphatic imine (C=N–C) groups is 2. The van der Waals surface area contributed by atoms with Gasteiger partial charge in [-0.25, -0.2) is 0 Å². The van der Waals surface area contributed by atoms with Gasteiger partial charge in [-0.2, -0.15) is 0 Å². The Hall–Kier alpha value is -7.04. The van der Waals surface area contributed by atoms with Crippen LogP contribution in [-0.2, 0) is 54.1 Å². The molecule has 0 aliphatic carbocycles. The molecule has 0 radical (unpaired) electrons. The van der Waals surface area contributed by atoms with Crippen LogP contribution in [0.3, 0.4) is 0 Å². The van der Waals surface area contributed by atoms with Crippen molar-refractivity contribution in [3.63, 3.8) is 0 Å². The first-order chi connectivity index (χ1) is 42.4. The second kappa shape index (κ2) is 30.2. The number of nitrogens with one attached hydrogen (secondary N) is 7. The number of hydrogen-bond donors (Lipinski definition) is 21. The fraction of sp³-hybridized carbons (Fsp3) is 0.630. The van der Waals surface area contributed by atoms with E-state index >= 15 is 4.79 Å². The van der Waals surface area contributed by atoms with Gasteiger partial charge in [0, 0.05) is 12.3 Å². The highest BCUT2D eigenvalue weighted by molar-refractivity contribution is 5.98. The molecule has 6 aliphatic heterocycles. The number of benzene rings is 2. The van der Waals surface area contributed by atoms with Crippen LogP contribution in [0.2, 0.25) is 0 Å². The lowest BCUT2D eigenvalue weighted by Crippen LogP contribution is -2.66. The molecule has 2 aromatic rings. The molecule has 0 bridgehead atoms. The highest BCUT2D eigenvalue weighted by atomic mass is 16.7. The zero-order valence-electron chi connectivity index (χ0n) is 47.9. The van der Waals surface area contributed by atoms with Gasteiger partial charge in [-0.1, -0.05) is 49.4 Å². The highest BCUT2D eigenvalue weighted by Crippen LogP contribution is 2.32. The summed E-state index contributed by atoms with van der Waals surface area (Å²) in [5, 5.41) is 144. The van der Waals surface area contributed by atoms with Crippen molar-refractivity contribution in [1.82, 2.24) is 42.1 Å². The van der Waals surface area contributed by atoms with Crippen LogP contribution in [-0.4, -0.2) is 294 Å². The van der Waals surface area contributed by atoms with Crippen molar-refractivity contribution in [2.75, 3.05) is 46.1 Å². The molecule has 4 saturated heterocycles. The lowest BCUT2D eigenvalue weighted by Gasteiger charge is -2.45. The summed E-state index contributed by atoms with van der Waals surface area (Å²) < 4.78 is 28.4. The maximum atomic E-state index is 15.0. The third kappa shape index (κ3) is 15.9. The zero-order valence-corrected chi connectivity index (χ0v) is 47.9. The average Bonchev–Trinajstić information content (AvgIpc) is 3.45. The third-order valence-electron chi connectivity index (χ3n) is 16.3. The number of carbonyl (C=O) groups is 6. The summed E-state index contributed by atoms with van der Waals surface area (Å²) in [5.74, 6) is -7.19. The number of guanidine groups is 2. The van der Waals surface area contributed by atoms with E-state index in [1.54, 1.807) is 37.3 Å². The third-order valence-corrected chi connectivity index (χ3v) is 16.3. The Labute approximate surface area is 507 Å². The molecule has 6 amide bonds. The summed E-state index contributed by atoms with van der Waals surface area (Å²) in [5.41, 5.74) is 13.1. The molecule has 6 heterocycles. The number of nitrogens with zero attached hydrogens (tertiary/aromatic N) is 3. The van der Waals surface area contributed by atoms with Crippen LogP contribution in [0, 0.1) is 0 Å². The van der Waals surface area contributed by atoms with Gasteiger partial charge in [0.25, 0.3) is 0 Å². The minimum absolute atomic E-state index is 0.00181. The fourth-order valence-electron chi connectivity index (χ4n) is 11.1. The normalized spacial score (nSPS) is 37.4. The second-order valence-corrected chi connectivity index (χ2v) is 22.4. The predicted molar refractivity (Wildman–Crippen MR) is 300 cm³/mol. The monoisotopic (exact) mass is 1260 g/mol. The molecule has 0 spiro atoms. The molecule has 23 atom stereocenters. The largest absolute Gasteiger partial charge is 0.462 e. The van der Waals surface area contributed by atoms with Gasteiger partial charge in [0.15, 0.2) is 24.4 Å². The maximum Gasteiger partial charge on any atom is 0.245 e. The smallest absolute Gasteiger partial charge is 0.245 e. The van der Waals surface area contributed by atoms with Gasteiger partial charge in [-0.3, -0.25) is 38.8 Å². The molecular formula is C54H78N12O23. The van der Waals surface area contributed by atoms with Crippen LogP contribution in [0.1, 0.15) is 36.8 Å². The molecular weight excluding hydrogens is 1180 g/mol. The topological polar surface area (TPSA) is 556 Å². The molecule has 2 aromatic carbocycles. The van der Waals surface area contributed by atoms with Crippen LogP contribution < -0.4 is 53.4 Å². The number of hydrogen-bond acceptors (Lipinski definition) is 29. The Morgan fingerprint density at radius 2 is 1.15 bits per heavy atom. The Balaban J connectivity index is 1.08. The van der Waals surface area contributed by atoms with Gasteiger partial charge in [-0.15, -0.1) is 0 Å². The van der Waals surface area contributed by atoms with Crippen LogP contribution in [0.25, 0.3) is 0 Å². The molecule has 8 rings (SSSR count). The van der Waals surface area contributed by atoms with Crippen molar-refractivity contribution in [2.45, 2.75) is 166 Å². The number of amides is 6. The summed E-state index contributed by atoms with van der Waals surface area (Å²) in [4.78, 5) is 96.3. The number of rotatable bonds is 17. The molecule has 35 nitrogen and oxygen atoms in total. The molecule has 3 unspecified atom stereocenters. The first kappa shape index (κ1) is 67.9. The lowest BCUT2D eigenvalue weighted by atomic mass is 9.92. The maximum absolute atomic E-state index is 15.0. The Kier molecular flexibility index (Phi) is 23.0. The highest BCUT2D eigenvalue weighted by Gasteiger charge is 2.53. The Bertz CT molecular complexity index is 2830. The standard InChI is InChI=1S/C54H78N12O23/c1-21(23-5-3-2-4-6-23)35-49(84)63-27(11-22-7-9-26(10-8-22)85-51-43(79)40(76)44(33(20-70)88-51)89-52-42(78)39(75)37(73)32(19-69)87-52)46(81)61-28(12-24-14-58-53(55)60-24)47(82)62-29(48(83)64-30(17-67)45(80)57-16-34(71)65-35)13-25-15-59-54(56)66(25)50-41(77)38(74)36(72)31(18-68)86-50/h2-10,21,24-25,27-33,35-44,50-52,67-70,72-79H,11-20H2,1H3,(H2,56,59)(H,57,80)(H,61,81)(H,62,82)(H,63,84)(H,64,83)(H,65,71)(H3,55,58,60)/t21?,24?,25?,27-,28+,29-,30+,31-,32-,33-,35+,36-,37-,38+,39+,40-,41+,42+,43+,44-,50+,51+,52-/m1/s1. The minimum Gasteiger partial charge on any atom is -0.462 e. The molecule has 4 fully saturated rings. The molecule has 23 N–H and O–H groups in total. The first-order valence-electron chi connectivity index (χ1n) is 28.7. The molecule has 35 heteroatoms. The van der Waals surface area contributed by atoms with Crippen molar-refractivity contribution in [2.24, 2.45) is 21.5 Å². The molecule has 6 aliphatic rings. The van der Waals surface area contributed by atoms with E-state index < -0.39 is 215 Å². The number of aliphatic hydroxyl groups excluding tert-OH is 12. The summed E-state index contributed by atoms with van der Waals surface area (Å²) in [6, 6.07) is 4.00. The van der Waals surface area contributed by atoms with Crippen molar-refractivity contribution < 1.29 is 114 Å². The van der Waals surface area contributed by atoms with E-state index in [0.717, 1.165) is 4.90 Å². The summed E-state index contributed by atoms with van der Waals surface area (Å²) in [6.07, 6.45) is -27.0. The van der Waals surface area contributed by atoms with E-state index in [9.17, 15) is 85.3 Å². The fourth-order valence-corrected chi connectivity index (χ4v) is 11.1. The molecule has 492 valence electrons. The number of aliphatic hydroxyl groups is 12. The molecule has 89 heavy (non-hydrogen) atoms. The second-order valence-electron chi connectivity index (χ2n) is 22.4. The van der Waals surface area contributed by atoms with E-state index in [4.69, 9.17) is 35.2 Å². The lowest BCUT2D eigenvalue weighted by molar-refractivity contribution is -0.352. The van der Waals surface area contributed by atoms with Gasteiger partial charge in [0.1, 0.15) is 109 Å². The number of ether oxygens (including phenoxy) is 5. The number of nitrogens with two attached hydrogens (primary N) is 2. The van der Waals surface area contributed by atoms with Crippen molar-refractivity contribution in [3.8, 4) is 5.75 Å². The van der Waals surface area contributed by atoms with Crippen molar-refractivity contribution in [1.29, 1.82) is 0 Å². The SMILES string of the molecule is CC(c1ccccc1)[C@@H]1NC(=O)CNC(=O)[C@H](CO)NC(=O)[C@@H](CC2CN=C(N)N2[C@H]2O[C@H](CO)[C@@H](O)[C@H](O)[C@@H]2O)NC(=O)[C@H](CC2CN=C(N)N2)NC(=O)[C@@H](Cc2ccc(O[C@H]3O[C@H](CO)[C@@H](O[C@H]4O[C@H](CO)[C@@H](O)[C@H](O)[C@@H]4O)[C@H](O)[C@@H]3O)cc2)NC1=O. The Morgan fingerprint density at radius 1 is 0.573 bits per heavy atom. The zero-order chi connectivity index (χ0) is 64.5. The van der Waals surface area contributed by atoms with Gasteiger partial charge in [-0.05, 0) is 36.1 Å². The van der Waals surface area contributed by atoms with Gasteiger partial charge in [0.2, 0.25) is 41.7 Å². The van der Waals surface area contributed by atoms with E-state index in [1.807, 2.05) is 0 Å². The molecule has 0 aromatic heterocycles. The summed E-state index contributed by atoms with van der Waals surface area (Å²) >= 11 is 0. The van der Waals surface area contributed by atoms with E-state index in [0.29, 0.717) is 11.1 Å². The minimum atomic E-state index is -1.92. The van der Waals surface area contributed by atoms with Gasteiger partial charge >= 0.3 is 0 Å². The van der Waals surface area contributed by atoms with Crippen LogP contribution in [0.15, 0.2) is 64.6 Å². The molecule has 0 saturated carbocycles. The van der Waals surface area contributed by atoms with E-state index in [-0.39, 0.29) is 43.6 Å². The van der Waals surface area contributed by atoms with Crippen molar-refractivity contribution >= 4 is 47.4 Å².